The Morgan fingerprint density at radius 3 is 2.78 bits per heavy atom. The van der Waals surface area contributed by atoms with Crippen molar-refractivity contribution in [2.75, 3.05) is 13.1 Å². The van der Waals surface area contributed by atoms with E-state index in [9.17, 15) is 4.79 Å². The van der Waals surface area contributed by atoms with Crippen LogP contribution >= 0.6 is 0 Å². The lowest BCUT2D eigenvalue weighted by molar-refractivity contribution is 0.194. The summed E-state index contributed by atoms with van der Waals surface area (Å²) in [6.45, 7) is 3.35. The molecule has 1 atom stereocenters. The first-order valence-corrected chi connectivity index (χ1v) is 6.02. The van der Waals surface area contributed by atoms with Gasteiger partial charge in [-0.15, -0.1) is 0 Å². The van der Waals surface area contributed by atoms with Gasteiger partial charge in [0.25, 0.3) is 0 Å². The molecule has 96 valence electrons. The normalized spacial score (nSPS) is 18.1. The van der Waals surface area contributed by atoms with Crippen molar-refractivity contribution in [2.24, 2.45) is 4.99 Å². The Labute approximate surface area is 106 Å². The largest absolute Gasteiger partial charge is 0.465 e. The molecule has 1 aromatic rings. The standard InChI is InChI=1S/C13H17N3O2/c1-9-8-15-12(16-9)11-4-2-10(3-5-11)6-7-14-13(17)18/h2-5,9,14H,6-8H2,1H3,(H,15,16)(H,17,18). The molecule has 2 rings (SSSR count). The van der Waals surface area contributed by atoms with Gasteiger partial charge in [0.05, 0.1) is 6.54 Å². The maximum Gasteiger partial charge on any atom is 0.404 e. The zero-order valence-corrected chi connectivity index (χ0v) is 10.3. The van der Waals surface area contributed by atoms with Crippen LogP contribution in [0.1, 0.15) is 18.1 Å². The predicted molar refractivity (Wildman–Crippen MR) is 70.2 cm³/mol. The van der Waals surface area contributed by atoms with Crippen LogP contribution in [-0.4, -0.2) is 36.2 Å². The Bertz CT molecular complexity index is 454. The number of nitrogens with one attached hydrogen (secondary N) is 2. The summed E-state index contributed by atoms with van der Waals surface area (Å²) >= 11 is 0. The van der Waals surface area contributed by atoms with E-state index in [1.807, 2.05) is 24.3 Å². The first-order chi connectivity index (χ1) is 8.65. The number of rotatable bonds is 4. The topological polar surface area (TPSA) is 73.7 Å². The number of hydrogen-bond donors (Lipinski definition) is 3. The molecule has 5 nitrogen and oxygen atoms in total. The maximum atomic E-state index is 10.3. The van der Waals surface area contributed by atoms with Crippen molar-refractivity contribution >= 4 is 11.9 Å². The summed E-state index contributed by atoms with van der Waals surface area (Å²) in [5, 5.41) is 14.1. The molecule has 0 aliphatic carbocycles. The van der Waals surface area contributed by atoms with Gasteiger partial charge < -0.3 is 15.7 Å². The van der Waals surface area contributed by atoms with Crippen molar-refractivity contribution in [1.29, 1.82) is 0 Å². The highest BCUT2D eigenvalue weighted by Gasteiger charge is 2.13. The van der Waals surface area contributed by atoms with Crippen molar-refractivity contribution < 1.29 is 9.90 Å². The van der Waals surface area contributed by atoms with E-state index in [1.165, 1.54) is 0 Å². The molecular formula is C13H17N3O2. The quantitative estimate of drug-likeness (QED) is 0.749. The lowest BCUT2D eigenvalue weighted by Crippen LogP contribution is -2.27. The summed E-state index contributed by atoms with van der Waals surface area (Å²) < 4.78 is 0. The third-order valence-electron chi connectivity index (χ3n) is 2.82. The number of aliphatic imine (C=N–C) groups is 1. The maximum absolute atomic E-state index is 10.3. The van der Waals surface area contributed by atoms with E-state index < -0.39 is 6.09 Å². The van der Waals surface area contributed by atoms with E-state index in [1.54, 1.807) is 0 Å². The van der Waals surface area contributed by atoms with Crippen LogP contribution in [0.2, 0.25) is 0 Å². The average molecular weight is 247 g/mol. The highest BCUT2D eigenvalue weighted by molar-refractivity contribution is 6.00. The van der Waals surface area contributed by atoms with Crippen molar-refractivity contribution in [3.63, 3.8) is 0 Å². The van der Waals surface area contributed by atoms with Gasteiger partial charge in [0.1, 0.15) is 5.84 Å². The van der Waals surface area contributed by atoms with Crippen LogP contribution in [0.4, 0.5) is 4.79 Å². The molecule has 1 amide bonds. The molecule has 5 heteroatoms. The Kier molecular flexibility index (Phi) is 3.82. The second-order valence-electron chi connectivity index (χ2n) is 4.41. The molecular weight excluding hydrogens is 230 g/mol. The molecule has 0 bridgehead atoms. The summed E-state index contributed by atoms with van der Waals surface area (Å²) in [6, 6.07) is 8.44. The summed E-state index contributed by atoms with van der Waals surface area (Å²) in [4.78, 5) is 14.7. The molecule has 1 unspecified atom stereocenters. The third-order valence-corrected chi connectivity index (χ3v) is 2.82. The lowest BCUT2D eigenvalue weighted by atomic mass is 10.1. The van der Waals surface area contributed by atoms with Gasteiger partial charge in [-0.05, 0) is 18.9 Å². The first kappa shape index (κ1) is 12.4. The van der Waals surface area contributed by atoms with Crippen LogP contribution in [0.3, 0.4) is 0 Å². The van der Waals surface area contributed by atoms with Crippen LogP contribution < -0.4 is 10.6 Å². The van der Waals surface area contributed by atoms with Crippen molar-refractivity contribution in [3.8, 4) is 0 Å². The molecule has 0 saturated heterocycles. The minimum Gasteiger partial charge on any atom is -0.465 e. The smallest absolute Gasteiger partial charge is 0.404 e. The van der Waals surface area contributed by atoms with Gasteiger partial charge in [0.15, 0.2) is 0 Å². The molecule has 18 heavy (non-hydrogen) atoms. The molecule has 0 radical (unpaired) electrons. The Morgan fingerprint density at radius 2 is 2.22 bits per heavy atom. The Hall–Kier alpha value is -2.04. The van der Waals surface area contributed by atoms with Gasteiger partial charge in [0.2, 0.25) is 0 Å². The fraction of sp³-hybridized carbons (Fsp3) is 0.385. The van der Waals surface area contributed by atoms with E-state index >= 15 is 0 Å². The number of benzene rings is 1. The van der Waals surface area contributed by atoms with Gasteiger partial charge in [-0.1, -0.05) is 24.3 Å². The number of carboxylic acid groups (broad SMARTS) is 1. The SMILES string of the molecule is CC1CN=C(c2ccc(CCNC(=O)O)cc2)N1. The number of hydrogen-bond acceptors (Lipinski definition) is 3. The van der Waals surface area contributed by atoms with Crippen LogP contribution in [-0.2, 0) is 6.42 Å². The lowest BCUT2D eigenvalue weighted by Gasteiger charge is -2.07. The number of carbonyl (C=O) groups is 1. The van der Waals surface area contributed by atoms with E-state index in [0.29, 0.717) is 19.0 Å². The van der Waals surface area contributed by atoms with E-state index in [2.05, 4.69) is 22.5 Å². The van der Waals surface area contributed by atoms with Gasteiger partial charge in [-0.3, -0.25) is 4.99 Å². The number of amides is 1. The molecule has 0 spiro atoms. The minimum atomic E-state index is -0.981. The van der Waals surface area contributed by atoms with Crippen LogP contribution in [0.25, 0.3) is 0 Å². The first-order valence-electron chi connectivity index (χ1n) is 6.02. The summed E-state index contributed by atoms with van der Waals surface area (Å²) in [5.74, 6) is 0.942. The summed E-state index contributed by atoms with van der Waals surface area (Å²) in [5.41, 5.74) is 2.19. The zero-order chi connectivity index (χ0) is 13.0. The Balaban J connectivity index is 1.91. The molecule has 1 aromatic carbocycles. The van der Waals surface area contributed by atoms with Gasteiger partial charge in [-0.2, -0.15) is 0 Å². The number of nitrogens with zero attached hydrogens (tertiary/aromatic N) is 1. The second kappa shape index (κ2) is 5.53. The minimum absolute atomic E-state index is 0.402. The fourth-order valence-corrected chi connectivity index (χ4v) is 1.87. The third kappa shape index (κ3) is 3.23. The Morgan fingerprint density at radius 1 is 1.50 bits per heavy atom. The van der Waals surface area contributed by atoms with Crippen LogP contribution in [0, 0.1) is 0 Å². The summed E-state index contributed by atoms with van der Waals surface area (Å²) in [6.07, 6.45) is -0.284. The van der Waals surface area contributed by atoms with Gasteiger partial charge in [0, 0.05) is 18.2 Å². The fourth-order valence-electron chi connectivity index (χ4n) is 1.87. The van der Waals surface area contributed by atoms with Gasteiger partial charge in [-0.25, -0.2) is 4.79 Å². The van der Waals surface area contributed by atoms with Crippen molar-refractivity contribution in [1.82, 2.24) is 10.6 Å². The summed E-state index contributed by atoms with van der Waals surface area (Å²) in [7, 11) is 0. The molecule has 1 aliphatic rings. The molecule has 1 aliphatic heterocycles. The van der Waals surface area contributed by atoms with Crippen molar-refractivity contribution in [2.45, 2.75) is 19.4 Å². The second-order valence-corrected chi connectivity index (χ2v) is 4.41. The van der Waals surface area contributed by atoms with E-state index in [4.69, 9.17) is 5.11 Å². The van der Waals surface area contributed by atoms with Crippen LogP contribution in [0.15, 0.2) is 29.3 Å². The van der Waals surface area contributed by atoms with Gasteiger partial charge >= 0.3 is 6.09 Å². The molecule has 0 fully saturated rings. The van der Waals surface area contributed by atoms with Crippen molar-refractivity contribution in [3.05, 3.63) is 35.4 Å². The van der Waals surface area contributed by atoms with E-state index in [0.717, 1.165) is 23.5 Å². The molecule has 3 N–H and O–H groups in total. The highest BCUT2D eigenvalue weighted by Crippen LogP contribution is 2.08. The predicted octanol–water partition coefficient (Wildman–Crippen LogP) is 1.23. The zero-order valence-electron chi connectivity index (χ0n) is 10.3. The molecule has 0 aromatic heterocycles. The average Bonchev–Trinajstić information content (AvgIpc) is 2.76. The monoisotopic (exact) mass is 247 g/mol. The van der Waals surface area contributed by atoms with E-state index in [-0.39, 0.29) is 0 Å². The number of amidine groups is 1. The molecule has 0 saturated carbocycles. The van der Waals surface area contributed by atoms with Crippen LogP contribution in [0.5, 0.6) is 0 Å². The highest BCUT2D eigenvalue weighted by atomic mass is 16.4. The molecule has 1 heterocycles.